The number of halogens is 6. The summed E-state index contributed by atoms with van der Waals surface area (Å²) in [4.78, 5) is -0.323. The molecular formula is C13H13BrF5NOS. The van der Waals surface area contributed by atoms with Gasteiger partial charge in [-0.2, -0.15) is 22.0 Å². The van der Waals surface area contributed by atoms with Crippen LogP contribution in [0.1, 0.15) is 18.4 Å². The van der Waals surface area contributed by atoms with Gasteiger partial charge in [0.25, 0.3) is 0 Å². The highest BCUT2D eigenvalue weighted by Gasteiger charge is 2.53. The molecule has 1 aliphatic heterocycles. The minimum atomic E-state index is -4.58. The Hall–Kier alpha value is -0.380. The lowest BCUT2D eigenvalue weighted by molar-refractivity contribution is -0.137. The third-order valence-electron chi connectivity index (χ3n) is 3.52. The summed E-state index contributed by atoms with van der Waals surface area (Å²) in [7, 11) is 0. The fourth-order valence-corrected chi connectivity index (χ4v) is 4.36. The van der Waals surface area contributed by atoms with E-state index in [2.05, 4.69) is 21.2 Å². The van der Waals surface area contributed by atoms with Crippen molar-refractivity contribution in [1.29, 1.82) is 0 Å². The Balaban J connectivity index is 2.26. The largest absolute Gasteiger partial charge is 0.607 e. The number of alkyl halides is 5. The van der Waals surface area contributed by atoms with Gasteiger partial charge in [-0.3, -0.25) is 0 Å². The number of benzene rings is 1. The van der Waals surface area contributed by atoms with Crippen LogP contribution in [0.25, 0.3) is 0 Å². The van der Waals surface area contributed by atoms with Crippen molar-refractivity contribution in [2.75, 3.05) is 13.1 Å². The number of piperidine rings is 1. The van der Waals surface area contributed by atoms with E-state index >= 15 is 0 Å². The molecule has 0 spiro atoms. The Labute approximate surface area is 135 Å². The number of hydrogen-bond acceptors (Lipinski definition) is 2. The van der Waals surface area contributed by atoms with Gasteiger partial charge in [0.05, 0.1) is 27.1 Å². The molecule has 2 rings (SSSR count). The van der Waals surface area contributed by atoms with Gasteiger partial charge in [-0.05, 0) is 60.1 Å². The SMILES string of the molecule is [O-][S+](c1ccc(C(F)(F)F)cc1Br)C(F)(F)C1CCNCC1. The van der Waals surface area contributed by atoms with Gasteiger partial charge >= 0.3 is 11.4 Å². The van der Waals surface area contributed by atoms with Crippen LogP contribution in [0.15, 0.2) is 27.6 Å². The van der Waals surface area contributed by atoms with E-state index in [0.29, 0.717) is 25.2 Å². The number of nitrogens with one attached hydrogen (secondary N) is 1. The molecule has 0 saturated carbocycles. The van der Waals surface area contributed by atoms with Crippen molar-refractivity contribution in [1.82, 2.24) is 5.32 Å². The second kappa shape index (κ2) is 6.62. The molecule has 0 bridgehead atoms. The lowest BCUT2D eigenvalue weighted by Gasteiger charge is -2.31. The molecule has 0 radical (unpaired) electrons. The van der Waals surface area contributed by atoms with E-state index in [4.69, 9.17) is 0 Å². The summed E-state index contributed by atoms with van der Waals surface area (Å²) in [6.07, 6.45) is -4.23. The summed E-state index contributed by atoms with van der Waals surface area (Å²) in [6, 6.07) is 2.18. The zero-order chi connectivity index (χ0) is 16.5. The van der Waals surface area contributed by atoms with Crippen LogP contribution in [0.3, 0.4) is 0 Å². The fourth-order valence-electron chi connectivity index (χ4n) is 2.28. The van der Waals surface area contributed by atoms with E-state index in [0.717, 1.165) is 6.07 Å². The summed E-state index contributed by atoms with van der Waals surface area (Å²) in [5.41, 5.74) is -0.981. The van der Waals surface area contributed by atoms with E-state index in [1.807, 2.05) is 0 Å². The van der Waals surface area contributed by atoms with Crippen molar-refractivity contribution in [2.24, 2.45) is 5.92 Å². The Kier molecular flexibility index (Phi) is 5.41. The lowest BCUT2D eigenvalue weighted by Crippen LogP contribution is -2.43. The molecule has 1 fully saturated rings. The Morgan fingerprint density at radius 1 is 1.14 bits per heavy atom. The molecule has 22 heavy (non-hydrogen) atoms. The number of hydrogen-bond donors (Lipinski definition) is 1. The first-order valence-electron chi connectivity index (χ1n) is 6.51. The highest BCUT2D eigenvalue weighted by molar-refractivity contribution is 9.10. The van der Waals surface area contributed by atoms with Crippen LogP contribution in [-0.4, -0.2) is 22.9 Å². The highest BCUT2D eigenvalue weighted by Crippen LogP contribution is 2.43. The third-order valence-corrected chi connectivity index (χ3v) is 6.02. The minimum Gasteiger partial charge on any atom is -0.607 e. The van der Waals surface area contributed by atoms with Gasteiger partial charge in [0.2, 0.25) is 0 Å². The lowest BCUT2D eigenvalue weighted by atomic mass is 9.99. The first kappa shape index (κ1) is 18.0. The number of rotatable bonds is 3. The predicted molar refractivity (Wildman–Crippen MR) is 76.1 cm³/mol. The first-order chi connectivity index (χ1) is 10.1. The van der Waals surface area contributed by atoms with Crippen LogP contribution in [0.5, 0.6) is 0 Å². The van der Waals surface area contributed by atoms with E-state index < -0.39 is 34.1 Å². The van der Waals surface area contributed by atoms with Crippen molar-refractivity contribution in [2.45, 2.75) is 29.2 Å². The Morgan fingerprint density at radius 3 is 2.23 bits per heavy atom. The van der Waals surface area contributed by atoms with Gasteiger partial charge in [-0.25, -0.2) is 0 Å². The van der Waals surface area contributed by atoms with Gasteiger partial charge in [-0.15, -0.1) is 0 Å². The zero-order valence-electron chi connectivity index (χ0n) is 11.2. The molecule has 1 saturated heterocycles. The van der Waals surface area contributed by atoms with Gasteiger partial charge in [0, 0.05) is 0 Å². The smallest absolute Gasteiger partial charge is 0.416 e. The molecule has 1 aliphatic rings. The standard InChI is InChI=1S/C13H13BrF5NOS/c14-10-7-9(12(15,16)17)1-2-11(10)22(21)13(18,19)8-3-5-20-6-4-8/h1-2,7-8,20H,3-6H2. The van der Waals surface area contributed by atoms with E-state index in [1.54, 1.807) is 0 Å². The summed E-state index contributed by atoms with van der Waals surface area (Å²) < 4.78 is 78.3. The van der Waals surface area contributed by atoms with Gasteiger partial charge < -0.3 is 9.87 Å². The topological polar surface area (TPSA) is 35.1 Å². The Morgan fingerprint density at radius 2 is 1.73 bits per heavy atom. The molecule has 124 valence electrons. The molecule has 1 aromatic carbocycles. The van der Waals surface area contributed by atoms with Gasteiger partial charge in [-0.1, -0.05) is 0 Å². The summed E-state index contributed by atoms with van der Waals surface area (Å²) in [6.45, 7) is 0.817. The van der Waals surface area contributed by atoms with Crippen LogP contribution in [0.4, 0.5) is 22.0 Å². The second-order valence-corrected chi connectivity index (χ2v) is 7.37. The molecule has 0 amide bonds. The van der Waals surface area contributed by atoms with Crippen molar-refractivity contribution in [3.63, 3.8) is 0 Å². The maximum atomic E-state index is 14.3. The molecule has 2 nitrogen and oxygen atoms in total. The molecule has 9 heteroatoms. The van der Waals surface area contributed by atoms with Crippen LogP contribution >= 0.6 is 15.9 Å². The zero-order valence-corrected chi connectivity index (χ0v) is 13.6. The van der Waals surface area contributed by atoms with Crippen molar-refractivity contribution in [3.05, 3.63) is 28.2 Å². The average molecular weight is 406 g/mol. The van der Waals surface area contributed by atoms with E-state index in [-0.39, 0.29) is 22.2 Å². The van der Waals surface area contributed by atoms with Crippen LogP contribution in [-0.2, 0) is 17.4 Å². The maximum Gasteiger partial charge on any atom is 0.416 e. The maximum absolute atomic E-state index is 14.3. The summed E-state index contributed by atoms with van der Waals surface area (Å²) in [5, 5.41) is -0.547. The molecule has 1 aromatic rings. The normalized spacial score (nSPS) is 19.2. The van der Waals surface area contributed by atoms with Crippen molar-refractivity contribution >= 4 is 27.1 Å². The van der Waals surface area contributed by atoms with E-state index in [1.165, 1.54) is 0 Å². The molecule has 1 unspecified atom stereocenters. The van der Waals surface area contributed by atoms with E-state index in [9.17, 15) is 26.5 Å². The third kappa shape index (κ3) is 3.74. The van der Waals surface area contributed by atoms with Gasteiger partial charge in [0.15, 0.2) is 4.90 Å². The molecule has 0 aliphatic carbocycles. The molecule has 1 heterocycles. The molecule has 1 atom stereocenters. The Bertz CT molecular complexity index is 534. The predicted octanol–water partition coefficient (Wildman–Crippen LogP) is 4.17. The second-order valence-electron chi connectivity index (χ2n) is 5.00. The van der Waals surface area contributed by atoms with Gasteiger partial charge in [0.1, 0.15) is 0 Å². The van der Waals surface area contributed by atoms with Crippen LogP contribution in [0.2, 0.25) is 0 Å². The average Bonchev–Trinajstić information content (AvgIpc) is 2.46. The quantitative estimate of drug-likeness (QED) is 0.604. The fraction of sp³-hybridized carbons (Fsp3) is 0.538. The molecular weight excluding hydrogens is 393 g/mol. The van der Waals surface area contributed by atoms with Crippen molar-refractivity contribution < 1.29 is 26.5 Å². The summed E-state index contributed by atoms with van der Waals surface area (Å²) >= 11 is 0.105. The van der Waals surface area contributed by atoms with Crippen LogP contribution in [0, 0.1) is 5.92 Å². The molecule has 0 aromatic heterocycles. The monoisotopic (exact) mass is 405 g/mol. The van der Waals surface area contributed by atoms with Crippen LogP contribution < -0.4 is 5.32 Å². The highest BCUT2D eigenvalue weighted by atomic mass is 79.9. The summed E-state index contributed by atoms with van der Waals surface area (Å²) in [5.74, 6) is -1.05. The van der Waals surface area contributed by atoms with Crippen molar-refractivity contribution in [3.8, 4) is 0 Å². The minimum absolute atomic E-state index is 0.178. The molecule has 1 N–H and O–H groups in total. The first-order valence-corrected chi connectivity index (χ1v) is 8.45.